The summed E-state index contributed by atoms with van der Waals surface area (Å²) in [6, 6.07) is 3.29. The molecular weight excluding hydrogens is 402 g/mol. The first-order valence-corrected chi connectivity index (χ1v) is 10.8. The highest BCUT2D eigenvalue weighted by atomic mass is 16.5. The minimum absolute atomic E-state index is 0.0136. The van der Waals surface area contributed by atoms with Gasteiger partial charge in [-0.05, 0) is 25.0 Å². The van der Waals surface area contributed by atoms with E-state index in [1.54, 1.807) is 17.0 Å². The lowest BCUT2D eigenvalue weighted by Crippen LogP contribution is -2.47. The molecule has 0 radical (unpaired) electrons. The van der Waals surface area contributed by atoms with E-state index in [1.165, 1.54) is 21.3 Å². The summed E-state index contributed by atoms with van der Waals surface area (Å²) < 4.78 is 21.9. The normalized spacial score (nSPS) is 18.5. The van der Waals surface area contributed by atoms with E-state index in [9.17, 15) is 9.59 Å². The molecule has 1 unspecified atom stereocenters. The molecule has 9 heteroatoms. The van der Waals surface area contributed by atoms with Crippen LogP contribution >= 0.6 is 0 Å². The number of nitrogens with one attached hydrogen (secondary N) is 1. The van der Waals surface area contributed by atoms with Crippen LogP contribution in [0.15, 0.2) is 12.1 Å². The highest BCUT2D eigenvalue weighted by molar-refractivity contribution is 5.96. The number of methoxy groups -OCH3 is 3. The first-order valence-electron chi connectivity index (χ1n) is 10.8. The maximum atomic E-state index is 13.4. The molecule has 1 aromatic carbocycles. The zero-order chi connectivity index (χ0) is 22.2. The molecule has 2 saturated heterocycles. The minimum Gasteiger partial charge on any atom is -0.493 e. The van der Waals surface area contributed by atoms with Gasteiger partial charge in [0.15, 0.2) is 11.5 Å². The molecule has 1 N–H and O–H groups in total. The van der Waals surface area contributed by atoms with Gasteiger partial charge in [-0.1, -0.05) is 0 Å². The number of ether oxygens (including phenoxy) is 4. The average Bonchev–Trinajstić information content (AvgIpc) is 3.33. The van der Waals surface area contributed by atoms with Gasteiger partial charge in [0.2, 0.25) is 11.7 Å². The number of hydrogen-bond acceptors (Lipinski definition) is 7. The van der Waals surface area contributed by atoms with Crippen molar-refractivity contribution in [2.24, 2.45) is 0 Å². The summed E-state index contributed by atoms with van der Waals surface area (Å²) in [6.07, 6.45) is 2.16. The van der Waals surface area contributed by atoms with Crippen molar-refractivity contribution in [2.75, 3.05) is 67.2 Å². The molecule has 172 valence electrons. The molecule has 0 aromatic heterocycles. The van der Waals surface area contributed by atoms with Crippen LogP contribution in [0.25, 0.3) is 0 Å². The van der Waals surface area contributed by atoms with Crippen molar-refractivity contribution >= 4 is 11.8 Å². The van der Waals surface area contributed by atoms with Gasteiger partial charge in [0.25, 0.3) is 5.91 Å². The van der Waals surface area contributed by atoms with Crippen LogP contribution in [-0.2, 0) is 9.53 Å². The first kappa shape index (κ1) is 23.1. The molecule has 3 rings (SSSR count). The molecule has 9 nitrogen and oxygen atoms in total. The highest BCUT2D eigenvalue weighted by Gasteiger charge is 2.27. The molecule has 0 aliphatic carbocycles. The van der Waals surface area contributed by atoms with Gasteiger partial charge < -0.3 is 34.1 Å². The Morgan fingerprint density at radius 1 is 1.13 bits per heavy atom. The Bertz CT molecular complexity index is 735. The zero-order valence-corrected chi connectivity index (χ0v) is 18.6. The highest BCUT2D eigenvalue weighted by Crippen LogP contribution is 2.38. The van der Waals surface area contributed by atoms with Crippen molar-refractivity contribution < 1.29 is 28.5 Å². The smallest absolute Gasteiger partial charge is 0.254 e. The van der Waals surface area contributed by atoms with Crippen LogP contribution in [0.3, 0.4) is 0 Å². The Kier molecular flexibility index (Phi) is 8.36. The summed E-state index contributed by atoms with van der Waals surface area (Å²) in [5.41, 5.74) is 0.419. The molecule has 0 bridgehead atoms. The number of carbonyl (C=O) groups excluding carboxylic acids is 2. The quantitative estimate of drug-likeness (QED) is 0.623. The van der Waals surface area contributed by atoms with Gasteiger partial charge in [0.05, 0.1) is 27.4 Å². The second-order valence-electron chi connectivity index (χ2n) is 7.68. The maximum Gasteiger partial charge on any atom is 0.254 e. The molecule has 0 saturated carbocycles. The lowest BCUT2D eigenvalue weighted by atomic mass is 10.1. The fraction of sp³-hybridized carbons (Fsp3) is 0.636. The van der Waals surface area contributed by atoms with Crippen LogP contribution in [0.4, 0.5) is 0 Å². The fourth-order valence-electron chi connectivity index (χ4n) is 4.00. The van der Waals surface area contributed by atoms with Crippen molar-refractivity contribution in [2.45, 2.75) is 25.4 Å². The molecule has 31 heavy (non-hydrogen) atoms. The van der Waals surface area contributed by atoms with Gasteiger partial charge in [-0.25, -0.2) is 0 Å². The maximum absolute atomic E-state index is 13.4. The van der Waals surface area contributed by atoms with E-state index in [4.69, 9.17) is 18.9 Å². The van der Waals surface area contributed by atoms with Crippen LogP contribution < -0.4 is 19.5 Å². The van der Waals surface area contributed by atoms with E-state index in [0.717, 1.165) is 25.9 Å². The van der Waals surface area contributed by atoms with Crippen molar-refractivity contribution in [1.29, 1.82) is 0 Å². The van der Waals surface area contributed by atoms with E-state index < -0.39 is 0 Å². The predicted octanol–water partition coefficient (Wildman–Crippen LogP) is 1.16. The number of carbonyl (C=O) groups is 2. The molecular formula is C22H33N3O6. The Balaban J connectivity index is 1.77. The van der Waals surface area contributed by atoms with Gasteiger partial charge in [-0.2, -0.15) is 0 Å². The van der Waals surface area contributed by atoms with E-state index >= 15 is 0 Å². The van der Waals surface area contributed by atoms with Crippen LogP contribution in [-0.4, -0.2) is 94.9 Å². The monoisotopic (exact) mass is 435 g/mol. The Morgan fingerprint density at radius 2 is 1.81 bits per heavy atom. The average molecular weight is 436 g/mol. The first-order chi connectivity index (χ1) is 15.1. The summed E-state index contributed by atoms with van der Waals surface area (Å²) in [5, 5.41) is 3.24. The third-order valence-corrected chi connectivity index (χ3v) is 5.71. The topological polar surface area (TPSA) is 89.6 Å². The summed E-state index contributed by atoms with van der Waals surface area (Å²) >= 11 is 0. The third-order valence-electron chi connectivity index (χ3n) is 5.71. The van der Waals surface area contributed by atoms with Crippen LogP contribution in [0.2, 0.25) is 0 Å². The Labute approximate surface area is 183 Å². The van der Waals surface area contributed by atoms with Crippen molar-refractivity contribution in [3.63, 3.8) is 0 Å². The molecule has 2 aliphatic heterocycles. The van der Waals surface area contributed by atoms with Crippen LogP contribution in [0.5, 0.6) is 17.2 Å². The fourth-order valence-corrected chi connectivity index (χ4v) is 4.00. The molecule has 2 heterocycles. The predicted molar refractivity (Wildman–Crippen MR) is 115 cm³/mol. The number of nitrogens with zero attached hydrogens (tertiary/aromatic N) is 2. The van der Waals surface area contributed by atoms with Crippen molar-refractivity contribution in [3.8, 4) is 17.2 Å². The van der Waals surface area contributed by atoms with Crippen LogP contribution in [0, 0.1) is 0 Å². The number of rotatable bonds is 9. The number of benzene rings is 1. The van der Waals surface area contributed by atoms with Gasteiger partial charge in [0, 0.05) is 57.9 Å². The Morgan fingerprint density at radius 3 is 2.35 bits per heavy atom. The SMILES string of the molecule is COc1cc(C(=O)N(CCC(=O)N2CCNCC2)CC2CCCO2)cc(OC)c1OC. The van der Waals surface area contributed by atoms with E-state index in [0.29, 0.717) is 55.6 Å². The largest absolute Gasteiger partial charge is 0.493 e. The summed E-state index contributed by atoms with van der Waals surface area (Å²) in [5.74, 6) is 1.14. The number of piperazine rings is 1. The summed E-state index contributed by atoms with van der Waals surface area (Å²) in [6.45, 7) is 4.49. The Hall–Kier alpha value is -2.52. The molecule has 1 atom stereocenters. The zero-order valence-electron chi connectivity index (χ0n) is 18.6. The number of amides is 2. The minimum atomic E-state index is -0.192. The summed E-state index contributed by atoms with van der Waals surface area (Å²) in [7, 11) is 4.55. The van der Waals surface area contributed by atoms with Crippen LogP contribution in [0.1, 0.15) is 29.6 Å². The van der Waals surface area contributed by atoms with Gasteiger partial charge in [-0.15, -0.1) is 0 Å². The molecule has 0 spiro atoms. The lowest BCUT2D eigenvalue weighted by molar-refractivity contribution is -0.132. The third kappa shape index (κ3) is 5.80. The second-order valence-corrected chi connectivity index (χ2v) is 7.68. The van der Waals surface area contributed by atoms with Gasteiger partial charge in [-0.3, -0.25) is 9.59 Å². The van der Waals surface area contributed by atoms with Gasteiger partial charge >= 0.3 is 0 Å². The number of hydrogen-bond donors (Lipinski definition) is 1. The molecule has 2 amide bonds. The van der Waals surface area contributed by atoms with Crippen molar-refractivity contribution in [1.82, 2.24) is 15.1 Å². The standard InChI is InChI=1S/C22H33N3O6/c1-28-18-13-16(14-19(29-2)21(18)30-3)22(27)25(15-17-5-4-12-31-17)9-6-20(26)24-10-7-23-8-11-24/h13-14,17,23H,4-12,15H2,1-3H3. The molecule has 2 aliphatic rings. The molecule has 2 fully saturated rings. The van der Waals surface area contributed by atoms with Gasteiger partial charge in [0.1, 0.15) is 0 Å². The lowest BCUT2D eigenvalue weighted by Gasteiger charge is -2.30. The van der Waals surface area contributed by atoms with E-state index in [2.05, 4.69) is 5.32 Å². The second kappa shape index (κ2) is 11.2. The van der Waals surface area contributed by atoms with E-state index in [1.807, 2.05) is 4.90 Å². The summed E-state index contributed by atoms with van der Waals surface area (Å²) in [4.78, 5) is 29.7. The van der Waals surface area contributed by atoms with Crippen molar-refractivity contribution in [3.05, 3.63) is 17.7 Å². The molecule has 1 aromatic rings. The van der Waals surface area contributed by atoms with E-state index in [-0.39, 0.29) is 24.3 Å².